The zero-order valence-electron chi connectivity index (χ0n) is 8.25. The van der Waals surface area contributed by atoms with Gasteiger partial charge >= 0.3 is 0 Å². The summed E-state index contributed by atoms with van der Waals surface area (Å²) in [4.78, 5) is 4.10. The first-order chi connectivity index (χ1) is 8.06. The average molecular weight is 412 g/mol. The van der Waals surface area contributed by atoms with Crippen LogP contribution in [0, 0.1) is 15.3 Å². The van der Waals surface area contributed by atoms with Gasteiger partial charge in [0.25, 0.3) is 0 Å². The average Bonchev–Trinajstić information content (AvgIpc) is 2.25. The predicted octanol–water partition coefficient (Wildman–Crippen LogP) is 4.52. The third-order valence-corrected chi connectivity index (χ3v) is 3.06. The standard InChI is InChI=1S/C11H5BrF2INO/c12-11-9(3-4-10(15)16-11)17-8-2-1-6(13)5-7(8)14/h1-5H. The quantitative estimate of drug-likeness (QED) is 0.535. The van der Waals surface area contributed by atoms with Crippen molar-refractivity contribution in [2.75, 3.05) is 0 Å². The van der Waals surface area contributed by atoms with Crippen molar-refractivity contribution < 1.29 is 13.5 Å². The van der Waals surface area contributed by atoms with Crippen molar-refractivity contribution in [3.05, 3.63) is 50.3 Å². The topological polar surface area (TPSA) is 22.1 Å². The number of halogens is 4. The van der Waals surface area contributed by atoms with Gasteiger partial charge in [-0.1, -0.05) is 0 Å². The van der Waals surface area contributed by atoms with Gasteiger partial charge < -0.3 is 4.74 Å². The molecule has 2 aromatic rings. The first kappa shape index (κ1) is 12.7. The lowest BCUT2D eigenvalue weighted by Gasteiger charge is -2.08. The second-order valence-electron chi connectivity index (χ2n) is 3.10. The van der Waals surface area contributed by atoms with E-state index in [0.29, 0.717) is 10.4 Å². The minimum absolute atomic E-state index is 0.0462. The molecule has 1 aromatic heterocycles. The maximum absolute atomic E-state index is 13.3. The minimum Gasteiger partial charge on any atom is -0.451 e. The van der Waals surface area contributed by atoms with E-state index in [1.807, 2.05) is 22.6 Å². The number of hydrogen-bond acceptors (Lipinski definition) is 2. The van der Waals surface area contributed by atoms with Gasteiger partial charge in [0.1, 0.15) is 14.1 Å². The Hall–Kier alpha value is -0.760. The van der Waals surface area contributed by atoms with Crippen molar-refractivity contribution in [1.29, 1.82) is 0 Å². The van der Waals surface area contributed by atoms with Gasteiger partial charge in [-0.2, -0.15) is 0 Å². The Balaban J connectivity index is 2.31. The van der Waals surface area contributed by atoms with Crippen molar-refractivity contribution in [3.63, 3.8) is 0 Å². The van der Waals surface area contributed by atoms with Crippen molar-refractivity contribution in [2.24, 2.45) is 0 Å². The van der Waals surface area contributed by atoms with E-state index < -0.39 is 11.6 Å². The summed E-state index contributed by atoms with van der Waals surface area (Å²) in [5, 5.41) is 0. The molecule has 88 valence electrons. The van der Waals surface area contributed by atoms with Gasteiger partial charge in [0, 0.05) is 6.07 Å². The van der Waals surface area contributed by atoms with E-state index in [1.165, 1.54) is 6.07 Å². The number of nitrogens with zero attached hydrogens (tertiary/aromatic N) is 1. The first-order valence-corrected chi connectivity index (χ1v) is 6.38. The van der Waals surface area contributed by atoms with Crippen LogP contribution in [0.2, 0.25) is 0 Å². The van der Waals surface area contributed by atoms with E-state index in [4.69, 9.17) is 4.74 Å². The molecule has 0 bridgehead atoms. The summed E-state index contributed by atoms with van der Waals surface area (Å²) in [5.74, 6) is -1.07. The Labute approximate surface area is 118 Å². The lowest BCUT2D eigenvalue weighted by molar-refractivity contribution is 0.433. The molecule has 0 atom stereocenters. The molecule has 0 aliphatic rings. The smallest absolute Gasteiger partial charge is 0.168 e. The predicted molar refractivity (Wildman–Crippen MR) is 71.1 cm³/mol. The third kappa shape index (κ3) is 3.12. The van der Waals surface area contributed by atoms with Gasteiger partial charge in [0.05, 0.1) is 0 Å². The van der Waals surface area contributed by atoms with Gasteiger partial charge in [-0.15, -0.1) is 0 Å². The van der Waals surface area contributed by atoms with E-state index in [1.54, 1.807) is 12.1 Å². The van der Waals surface area contributed by atoms with E-state index in [-0.39, 0.29) is 5.75 Å². The number of pyridine rings is 1. The van der Waals surface area contributed by atoms with Crippen molar-refractivity contribution in [3.8, 4) is 11.5 Å². The van der Waals surface area contributed by atoms with Gasteiger partial charge in [0.2, 0.25) is 0 Å². The van der Waals surface area contributed by atoms with E-state index in [2.05, 4.69) is 20.9 Å². The van der Waals surface area contributed by atoms with Crippen LogP contribution in [0.3, 0.4) is 0 Å². The van der Waals surface area contributed by atoms with E-state index in [0.717, 1.165) is 15.8 Å². The maximum Gasteiger partial charge on any atom is 0.168 e. The molecule has 0 saturated carbocycles. The lowest BCUT2D eigenvalue weighted by atomic mass is 10.3. The summed E-state index contributed by atoms with van der Waals surface area (Å²) in [6.45, 7) is 0. The van der Waals surface area contributed by atoms with Crippen LogP contribution in [-0.2, 0) is 0 Å². The maximum atomic E-state index is 13.3. The van der Waals surface area contributed by atoms with Crippen LogP contribution < -0.4 is 4.74 Å². The zero-order chi connectivity index (χ0) is 12.4. The SMILES string of the molecule is Fc1ccc(Oc2ccc(I)nc2Br)c(F)c1. The molecule has 0 amide bonds. The molecule has 6 heteroatoms. The van der Waals surface area contributed by atoms with Gasteiger partial charge in [0.15, 0.2) is 17.3 Å². The van der Waals surface area contributed by atoms with Gasteiger partial charge in [-0.05, 0) is 62.8 Å². The number of rotatable bonds is 2. The van der Waals surface area contributed by atoms with Crippen LogP contribution in [0.25, 0.3) is 0 Å². The summed E-state index contributed by atoms with van der Waals surface area (Å²) >= 11 is 5.25. The summed E-state index contributed by atoms with van der Waals surface area (Å²) in [7, 11) is 0. The number of aromatic nitrogens is 1. The molecule has 1 heterocycles. The summed E-state index contributed by atoms with van der Waals surface area (Å²) in [6, 6.07) is 6.51. The zero-order valence-corrected chi connectivity index (χ0v) is 12.0. The van der Waals surface area contributed by atoms with Crippen LogP contribution in [-0.4, -0.2) is 4.98 Å². The molecule has 0 unspecified atom stereocenters. The molecular weight excluding hydrogens is 407 g/mol. The summed E-state index contributed by atoms with van der Waals surface area (Å²) in [6.07, 6.45) is 0. The van der Waals surface area contributed by atoms with E-state index in [9.17, 15) is 8.78 Å². The molecule has 1 aromatic carbocycles. The first-order valence-electron chi connectivity index (χ1n) is 4.51. The fourth-order valence-corrected chi connectivity index (χ4v) is 2.31. The molecule has 0 saturated heterocycles. The molecule has 2 nitrogen and oxygen atoms in total. The lowest BCUT2D eigenvalue weighted by Crippen LogP contribution is -1.92. The third-order valence-electron chi connectivity index (χ3n) is 1.89. The molecule has 0 fully saturated rings. The molecule has 0 aliphatic carbocycles. The molecule has 0 radical (unpaired) electrons. The molecule has 0 spiro atoms. The molecule has 2 rings (SSSR count). The fourth-order valence-electron chi connectivity index (χ4n) is 1.15. The van der Waals surface area contributed by atoms with Crippen LogP contribution >= 0.6 is 38.5 Å². The second-order valence-corrected chi connectivity index (χ2v) is 4.96. The van der Waals surface area contributed by atoms with Gasteiger partial charge in [-0.3, -0.25) is 0 Å². The van der Waals surface area contributed by atoms with E-state index >= 15 is 0 Å². The highest BCUT2D eigenvalue weighted by molar-refractivity contribution is 14.1. The normalized spacial score (nSPS) is 10.4. The highest BCUT2D eigenvalue weighted by atomic mass is 127. The highest BCUT2D eigenvalue weighted by Gasteiger charge is 2.09. The second kappa shape index (κ2) is 5.26. The fraction of sp³-hybridized carbons (Fsp3) is 0. The Morgan fingerprint density at radius 3 is 2.47 bits per heavy atom. The van der Waals surface area contributed by atoms with Crippen molar-refractivity contribution in [2.45, 2.75) is 0 Å². The Bertz CT molecular complexity index is 516. The number of hydrogen-bond donors (Lipinski definition) is 0. The highest BCUT2D eigenvalue weighted by Crippen LogP contribution is 2.30. The molecule has 17 heavy (non-hydrogen) atoms. The Morgan fingerprint density at radius 1 is 1.12 bits per heavy atom. The largest absolute Gasteiger partial charge is 0.451 e. The molecule has 0 aliphatic heterocycles. The Kier molecular flexibility index (Phi) is 3.93. The summed E-state index contributed by atoms with van der Waals surface area (Å²) in [5.41, 5.74) is 0. The number of ether oxygens (including phenoxy) is 1. The van der Waals surface area contributed by atoms with Crippen LogP contribution in [0.15, 0.2) is 34.9 Å². The minimum atomic E-state index is -0.754. The van der Waals surface area contributed by atoms with Gasteiger partial charge in [-0.25, -0.2) is 13.8 Å². The molecule has 0 N–H and O–H groups in total. The number of benzene rings is 1. The van der Waals surface area contributed by atoms with Crippen LogP contribution in [0.4, 0.5) is 8.78 Å². The monoisotopic (exact) mass is 411 g/mol. The molecular formula is C11H5BrF2INO. The van der Waals surface area contributed by atoms with Crippen molar-refractivity contribution >= 4 is 38.5 Å². The summed E-state index contributed by atoms with van der Waals surface area (Å²) < 4.78 is 32.6. The van der Waals surface area contributed by atoms with Crippen LogP contribution in [0.5, 0.6) is 11.5 Å². The Morgan fingerprint density at radius 2 is 1.82 bits per heavy atom. The van der Waals surface area contributed by atoms with Crippen LogP contribution in [0.1, 0.15) is 0 Å². The van der Waals surface area contributed by atoms with Crippen molar-refractivity contribution in [1.82, 2.24) is 4.98 Å².